The molecule has 0 aromatic heterocycles. The first-order valence-electron chi connectivity index (χ1n) is 7.84. The number of amides is 1. The second kappa shape index (κ2) is 10.5. The van der Waals surface area contributed by atoms with Crippen LogP contribution in [0.15, 0.2) is 0 Å². The third-order valence-corrected chi connectivity index (χ3v) is 4.01. The van der Waals surface area contributed by atoms with Gasteiger partial charge in [0.05, 0.1) is 0 Å². The largest absolute Gasteiger partial charge is 0.341 e. The van der Waals surface area contributed by atoms with E-state index in [2.05, 4.69) is 11.8 Å². The van der Waals surface area contributed by atoms with Crippen LogP contribution in [-0.4, -0.2) is 54.3 Å². The van der Waals surface area contributed by atoms with E-state index in [1.807, 2.05) is 4.90 Å². The minimum absolute atomic E-state index is 0.351. The minimum atomic E-state index is 0.351. The Morgan fingerprint density at radius 3 is 2.58 bits per heavy atom. The summed E-state index contributed by atoms with van der Waals surface area (Å²) in [5.41, 5.74) is 0. The van der Waals surface area contributed by atoms with Crippen molar-refractivity contribution in [1.29, 1.82) is 0 Å². The first-order valence-corrected chi connectivity index (χ1v) is 8.37. The zero-order valence-corrected chi connectivity index (χ0v) is 13.1. The van der Waals surface area contributed by atoms with Gasteiger partial charge in [-0.1, -0.05) is 32.6 Å². The summed E-state index contributed by atoms with van der Waals surface area (Å²) in [6.45, 7) is 7.02. The third kappa shape index (κ3) is 7.17. The van der Waals surface area contributed by atoms with E-state index in [-0.39, 0.29) is 0 Å². The summed E-state index contributed by atoms with van der Waals surface area (Å²) < 4.78 is 0. The first kappa shape index (κ1) is 16.8. The molecule has 1 amide bonds. The lowest BCUT2D eigenvalue weighted by molar-refractivity contribution is -0.131. The van der Waals surface area contributed by atoms with Gasteiger partial charge in [-0.2, -0.15) is 0 Å². The fourth-order valence-electron chi connectivity index (χ4n) is 2.60. The number of hydrogen-bond acceptors (Lipinski definition) is 2. The molecule has 1 aliphatic rings. The fourth-order valence-corrected chi connectivity index (χ4v) is 2.84. The Hall–Kier alpha value is -0.280. The summed E-state index contributed by atoms with van der Waals surface area (Å²) in [4.78, 5) is 16.5. The van der Waals surface area contributed by atoms with Gasteiger partial charge in [-0.25, -0.2) is 0 Å². The lowest BCUT2D eigenvalue weighted by Gasteiger charge is -2.21. The maximum Gasteiger partial charge on any atom is 0.222 e. The van der Waals surface area contributed by atoms with Gasteiger partial charge < -0.3 is 9.80 Å². The molecule has 0 N–H and O–H groups in total. The summed E-state index contributed by atoms with van der Waals surface area (Å²) in [6.07, 6.45) is 7.90. The molecular formula is C15H29ClN2O. The second-order valence-electron chi connectivity index (χ2n) is 5.43. The third-order valence-electron chi connectivity index (χ3n) is 3.84. The highest BCUT2D eigenvalue weighted by molar-refractivity contribution is 6.18. The smallest absolute Gasteiger partial charge is 0.222 e. The zero-order chi connectivity index (χ0) is 13.9. The molecule has 1 saturated heterocycles. The summed E-state index contributed by atoms with van der Waals surface area (Å²) in [5, 5.41) is 0. The van der Waals surface area contributed by atoms with Gasteiger partial charge in [-0.3, -0.25) is 4.79 Å². The molecule has 0 saturated carbocycles. The van der Waals surface area contributed by atoms with Gasteiger partial charge in [-0.15, -0.1) is 11.6 Å². The van der Waals surface area contributed by atoms with Crippen molar-refractivity contribution in [3.05, 3.63) is 0 Å². The molecule has 1 aliphatic heterocycles. The van der Waals surface area contributed by atoms with Crippen molar-refractivity contribution < 1.29 is 4.79 Å². The van der Waals surface area contributed by atoms with Crippen LogP contribution in [0.4, 0.5) is 0 Å². The average molecular weight is 289 g/mol. The van der Waals surface area contributed by atoms with Crippen molar-refractivity contribution in [3.63, 3.8) is 0 Å². The van der Waals surface area contributed by atoms with Gasteiger partial charge in [0.25, 0.3) is 0 Å². The zero-order valence-electron chi connectivity index (χ0n) is 12.4. The monoisotopic (exact) mass is 288 g/mol. The minimum Gasteiger partial charge on any atom is -0.341 e. The van der Waals surface area contributed by atoms with Gasteiger partial charge in [0.2, 0.25) is 5.91 Å². The predicted molar refractivity (Wildman–Crippen MR) is 81.7 cm³/mol. The molecule has 1 heterocycles. The Balaban J connectivity index is 2.17. The van der Waals surface area contributed by atoms with Crippen molar-refractivity contribution in [1.82, 2.24) is 9.80 Å². The SMILES string of the molecule is CCCCCCCC(=O)N1CCCN(CCCl)CC1. The van der Waals surface area contributed by atoms with Gasteiger partial charge >= 0.3 is 0 Å². The number of halogens is 1. The molecule has 0 aromatic carbocycles. The molecule has 0 atom stereocenters. The molecule has 3 nitrogen and oxygen atoms in total. The quantitative estimate of drug-likeness (QED) is 0.506. The second-order valence-corrected chi connectivity index (χ2v) is 5.81. The molecule has 0 radical (unpaired) electrons. The average Bonchev–Trinajstić information content (AvgIpc) is 2.64. The summed E-state index contributed by atoms with van der Waals surface area (Å²) >= 11 is 5.78. The summed E-state index contributed by atoms with van der Waals surface area (Å²) in [6, 6.07) is 0. The predicted octanol–water partition coefficient (Wildman–Crippen LogP) is 3.12. The van der Waals surface area contributed by atoms with Crippen LogP contribution >= 0.6 is 11.6 Å². The maximum absolute atomic E-state index is 12.1. The molecule has 19 heavy (non-hydrogen) atoms. The van der Waals surface area contributed by atoms with Crippen molar-refractivity contribution in [3.8, 4) is 0 Å². The number of hydrogen-bond donors (Lipinski definition) is 0. The molecule has 112 valence electrons. The Labute approximate surface area is 123 Å². The molecule has 1 rings (SSSR count). The number of alkyl halides is 1. The van der Waals surface area contributed by atoms with Crippen molar-refractivity contribution in [2.45, 2.75) is 51.9 Å². The number of nitrogens with zero attached hydrogens (tertiary/aromatic N) is 2. The van der Waals surface area contributed by atoms with Crippen LogP contribution in [0.1, 0.15) is 51.9 Å². The Morgan fingerprint density at radius 1 is 1.05 bits per heavy atom. The van der Waals surface area contributed by atoms with Crippen LogP contribution in [-0.2, 0) is 4.79 Å². The number of rotatable bonds is 8. The van der Waals surface area contributed by atoms with E-state index in [4.69, 9.17) is 11.6 Å². The Morgan fingerprint density at radius 2 is 1.84 bits per heavy atom. The van der Waals surface area contributed by atoms with Gasteiger partial charge in [0.15, 0.2) is 0 Å². The number of carbonyl (C=O) groups is 1. The van der Waals surface area contributed by atoms with E-state index >= 15 is 0 Å². The van der Waals surface area contributed by atoms with E-state index in [1.54, 1.807) is 0 Å². The van der Waals surface area contributed by atoms with Crippen LogP contribution in [0.3, 0.4) is 0 Å². The molecule has 1 fully saturated rings. The van der Waals surface area contributed by atoms with Crippen LogP contribution in [0.25, 0.3) is 0 Å². The molecule has 0 spiro atoms. The highest BCUT2D eigenvalue weighted by Gasteiger charge is 2.18. The topological polar surface area (TPSA) is 23.6 Å². The van der Waals surface area contributed by atoms with Crippen LogP contribution in [0, 0.1) is 0 Å². The van der Waals surface area contributed by atoms with Crippen molar-refractivity contribution in [2.24, 2.45) is 0 Å². The Bertz CT molecular complexity index is 248. The van der Waals surface area contributed by atoms with Gasteiger partial charge in [0, 0.05) is 38.5 Å². The van der Waals surface area contributed by atoms with Gasteiger partial charge in [-0.05, 0) is 19.4 Å². The Kier molecular flexibility index (Phi) is 9.27. The normalized spacial score (nSPS) is 17.5. The highest BCUT2D eigenvalue weighted by Crippen LogP contribution is 2.09. The van der Waals surface area contributed by atoms with Crippen LogP contribution in [0.5, 0.6) is 0 Å². The summed E-state index contributed by atoms with van der Waals surface area (Å²) in [5.74, 6) is 1.04. The van der Waals surface area contributed by atoms with Gasteiger partial charge in [0.1, 0.15) is 0 Å². The van der Waals surface area contributed by atoms with Crippen LogP contribution in [0.2, 0.25) is 0 Å². The van der Waals surface area contributed by atoms with E-state index < -0.39 is 0 Å². The van der Waals surface area contributed by atoms with E-state index in [1.165, 1.54) is 25.7 Å². The maximum atomic E-state index is 12.1. The first-order chi connectivity index (χ1) is 9.27. The molecule has 0 aliphatic carbocycles. The van der Waals surface area contributed by atoms with E-state index in [0.29, 0.717) is 11.8 Å². The lowest BCUT2D eigenvalue weighted by atomic mass is 10.1. The fraction of sp³-hybridized carbons (Fsp3) is 0.933. The highest BCUT2D eigenvalue weighted by atomic mass is 35.5. The molecule has 0 bridgehead atoms. The molecule has 4 heteroatoms. The number of carbonyl (C=O) groups excluding carboxylic acids is 1. The molecule has 0 unspecified atom stereocenters. The van der Waals surface area contributed by atoms with Crippen LogP contribution < -0.4 is 0 Å². The molecular weight excluding hydrogens is 260 g/mol. The number of unbranched alkanes of at least 4 members (excludes halogenated alkanes) is 4. The lowest BCUT2D eigenvalue weighted by Crippen LogP contribution is -2.35. The molecule has 0 aromatic rings. The standard InChI is InChI=1S/C15H29ClN2O/c1-2-3-4-5-6-8-15(19)18-11-7-10-17(12-9-16)13-14-18/h2-14H2,1H3. The van der Waals surface area contributed by atoms with E-state index in [0.717, 1.165) is 52.0 Å². The van der Waals surface area contributed by atoms with Crippen molar-refractivity contribution in [2.75, 3.05) is 38.6 Å². The summed E-state index contributed by atoms with van der Waals surface area (Å²) in [7, 11) is 0. The van der Waals surface area contributed by atoms with E-state index in [9.17, 15) is 4.79 Å². The van der Waals surface area contributed by atoms with Crippen molar-refractivity contribution >= 4 is 17.5 Å².